The highest BCUT2D eigenvalue weighted by atomic mass is 32.2. The van der Waals surface area contributed by atoms with Crippen molar-refractivity contribution in [1.29, 1.82) is 5.26 Å². The van der Waals surface area contributed by atoms with Crippen LogP contribution in [0.2, 0.25) is 0 Å². The minimum atomic E-state index is -0.626. The van der Waals surface area contributed by atoms with E-state index in [0.717, 1.165) is 10.4 Å². The van der Waals surface area contributed by atoms with Crippen molar-refractivity contribution in [3.05, 3.63) is 106 Å². The first-order chi connectivity index (χ1) is 25.4. The molecule has 5 rings (SSSR count). The van der Waals surface area contributed by atoms with Gasteiger partial charge in [0.15, 0.2) is 11.5 Å². The van der Waals surface area contributed by atoms with Crippen molar-refractivity contribution in [2.75, 3.05) is 37.2 Å². The van der Waals surface area contributed by atoms with Gasteiger partial charge in [-0.3, -0.25) is 14.4 Å². The number of nitriles is 1. The second-order valence-corrected chi connectivity index (χ2v) is 14.9. The molecule has 0 spiro atoms. The third-order valence-electron chi connectivity index (χ3n) is 7.80. The summed E-state index contributed by atoms with van der Waals surface area (Å²) in [6, 6.07) is 22.9. The molecule has 0 fully saturated rings. The van der Waals surface area contributed by atoms with Gasteiger partial charge in [-0.2, -0.15) is 5.26 Å². The Balaban J connectivity index is 1.26. The number of methoxy groups -OCH3 is 2. The summed E-state index contributed by atoms with van der Waals surface area (Å²) in [5.41, 5.74) is 1.89. The van der Waals surface area contributed by atoms with Gasteiger partial charge in [-0.1, -0.05) is 36.4 Å². The molecule has 1 aromatic heterocycles. The van der Waals surface area contributed by atoms with Crippen LogP contribution in [0.15, 0.2) is 83.4 Å². The zero-order chi connectivity index (χ0) is 38.1. The van der Waals surface area contributed by atoms with Crippen molar-refractivity contribution in [3.63, 3.8) is 0 Å². The first-order valence-corrected chi connectivity index (χ1v) is 18.3. The second-order valence-electron chi connectivity index (χ2n) is 12.8. The van der Waals surface area contributed by atoms with Crippen molar-refractivity contribution in [1.82, 2.24) is 10.2 Å². The Kier molecular flexibility index (Phi) is 12.4. The molecule has 0 atom stereocenters. The molecule has 14 heteroatoms. The third-order valence-corrected chi connectivity index (χ3v) is 9.92. The zero-order valence-electron chi connectivity index (χ0n) is 29.9. The lowest BCUT2D eigenvalue weighted by atomic mass is 10.0. The van der Waals surface area contributed by atoms with Crippen molar-refractivity contribution in [3.8, 4) is 17.6 Å². The average molecular weight is 754 g/mol. The molecule has 0 bridgehead atoms. The number of rotatable bonds is 11. The van der Waals surface area contributed by atoms with E-state index >= 15 is 0 Å². The number of nitrogens with one attached hydrogen (secondary N) is 3. The largest absolute Gasteiger partial charge is 0.493 e. The number of thiophene rings is 1. The Bertz CT molecular complexity index is 2080. The molecule has 1 aliphatic heterocycles. The number of hydrogen-bond donors (Lipinski definition) is 3. The van der Waals surface area contributed by atoms with E-state index in [1.807, 2.05) is 20.8 Å². The Hall–Kier alpha value is -5.78. The minimum absolute atomic E-state index is 0.0305. The Labute approximate surface area is 316 Å². The lowest BCUT2D eigenvalue weighted by Gasteiger charge is -2.29. The molecule has 12 nitrogen and oxygen atoms in total. The number of ether oxygens (including phenoxy) is 3. The number of benzene rings is 3. The molecular weight excluding hydrogens is 715 g/mol. The summed E-state index contributed by atoms with van der Waals surface area (Å²) >= 11 is 2.53. The van der Waals surface area contributed by atoms with E-state index in [2.05, 4.69) is 22.0 Å². The molecule has 3 aromatic carbocycles. The average Bonchev–Trinajstić information content (AvgIpc) is 3.49. The summed E-state index contributed by atoms with van der Waals surface area (Å²) < 4.78 is 16.4. The quantitative estimate of drug-likeness (QED) is 0.108. The van der Waals surface area contributed by atoms with Gasteiger partial charge in [-0.05, 0) is 75.2 Å². The van der Waals surface area contributed by atoms with Gasteiger partial charge < -0.3 is 35.1 Å². The van der Waals surface area contributed by atoms with E-state index in [9.17, 15) is 24.4 Å². The molecule has 0 radical (unpaired) electrons. The molecule has 3 N–H and O–H groups in total. The van der Waals surface area contributed by atoms with Crippen LogP contribution >= 0.6 is 23.1 Å². The van der Waals surface area contributed by atoms with Gasteiger partial charge in [-0.25, -0.2) is 4.79 Å². The number of anilines is 2. The highest BCUT2D eigenvalue weighted by Gasteiger charge is 2.30. The van der Waals surface area contributed by atoms with Gasteiger partial charge >= 0.3 is 6.09 Å². The van der Waals surface area contributed by atoms with Gasteiger partial charge in [0.2, 0.25) is 5.91 Å². The van der Waals surface area contributed by atoms with Gasteiger partial charge in [0.1, 0.15) is 22.4 Å². The van der Waals surface area contributed by atoms with Crippen LogP contribution in [0.1, 0.15) is 52.7 Å². The van der Waals surface area contributed by atoms with Crippen LogP contribution in [0.3, 0.4) is 0 Å². The van der Waals surface area contributed by atoms with Crippen LogP contribution in [-0.4, -0.2) is 60.8 Å². The van der Waals surface area contributed by atoms with E-state index in [1.54, 1.807) is 77.7 Å². The van der Waals surface area contributed by atoms with E-state index in [4.69, 9.17) is 14.2 Å². The lowest BCUT2D eigenvalue weighted by Crippen LogP contribution is -2.39. The third kappa shape index (κ3) is 9.97. The summed E-state index contributed by atoms with van der Waals surface area (Å²) in [5.74, 6) is -0.506. The molecule has 4 amide bonds. The van der Waals surface area contributed by atoms with E-state index in [-0.39, 0.29) is 17.4 Å². The Morgan fingerprint density at radius 1 is 0.981 bits per heavy atom. The molecule has 0 aliphatic carbocycles. The number of nitrogens with zero attached hydrogens (tertiary/aromatic N) is 2. The van der Waals surface area contributed by atoms with Crippen molar-refractivity contribution >= 4 is 63.7 Å². The predicted octanol–water partition coefficient (Wildman–Crippen LogP) is 7.07. The smallest absolute Gasteiger partial charge is 0.410 e. The molecule has 0 saturated carbocycles. The van der Waals surface area contributed by atoms with E-state index in [1.165, 1.54) is 43.4 Å². The molecule has 53 heavy (non-hydrogen) atoms. The maximum atomic E-state index is 13.7. The van der Waals surface area contributed by atoms with Crippen LogP contribution in [0.25, 0.3) is 6.08 Å². The number of amides is 4. The summed E-state index contributed by atoms with van der Waals surface area (Å²) in [7, 11) is 2.99. The highest BCUT2D eigenvalue weighted by Crippen LogP contribution is 2.37. The number of carbonyl (C=O) groups excluding carboxylic acids is 4. The molecule has 1 aliphatic rings. The standard InChI is InChI=1S/C39H39N5O7S2/c1-39(2,3)51-38(48)44-18-17-28-29(21-40)37(53-32(28)22-44)43-33(45)23-52-27-15-10-14-26(20-27)41-36(47)30(42-35(46)24-11-7-6-8-12-24)19-25-13-9-16-31(49-4)34(25)50-5/h6-16,19-20H,17-18,22-23H2,1-5H3,(H,41,47)(H,42,46)(H,43,45)/b30-19+. The highest BCUT2D eigenvalue weighted by molar-refractivity contribution is 8.00. The fourth-order valence-electron chi connectivity index (χ4n) is 5.39. The molecular formula is C39H39N5O7S2. The maximum absolute atomic E-state index is 13.7. The Morgan fingerprint density at radius 2 is 1.74 bits per heavy atom. The molecule has 4 aromatic rings. The van der Waals surface area contributed by atoms with Gasteiger partial charge in [0.05, 0.1) is 32.1 Å². The normalized spacial score (nSPS) is 12.5. The van der Waals surface area contributed by atoms with Gasteiger partial charge in [0.25, 0.3) is 11.8 Å². The number of thioether (sulfide) groups is 1. The Morgan fingerprint density at radius 3 is 2.43 bits per heavy atom. The fraction of sp³-hybridized carbons (Fsp3) is 0.256. The first kappa shape index (κ1) is 38.5. The van der Waals surface area contributed by atoms with Crippen molar-refractivity contribution in [2.45, 2.75) is 44.2 Å². The number of carbonyl (C=O) groups is 4. The monoisotopic (exact) mass is 753 g/mol. The van der Waals surface area contributed by atoms with Crippen LogP contribution in [-0.2, 0) is 27.3 Å². The molecule has 0 unspecified atom stereocenters. The molecule has 274 valence electrons. The second kappa shape index (κ2) is 17.2. The summed E-state index contributed by atoms with van der Waals surface area (Å²) in [6.07, 6.45) is 1.57. The summed E-state index contributed by atoms with van der Waals surface area (Å²) in [6.45, 7) is 6.13. The number of hydrogen-bond acceptors (Lipinski definition) is 10. The lowest BCUT2D eigenvalue weighted by molar-refractivity contribution is -0.114. The van der Waals surface area contributed by atoms with Crippen molar-refractivity contribution in [2.24, 2.45) is 0 Å². The van der Waals surface area contributed by atoms with Gasteiger partial charge in [0, 0.05) is 33.1 Å². The SMILES string of the molecule is COc1cccc(/C=C(/NC(=O)c2ccccc2)C(=O)Nc2cccc(SCC(=O)Nc3sc4c(c3C#N)CCN(C(=O)OC(C)(C)C)C4)c2)c1OC. The van der Waals surface area contributed by atoms with E-state index in [0.29, 0.717) is 63.3 Å². The molecule has 2 heterocycles. The summed E-state index contributed by atoms with van der Waals surface area (Å²) in [5, 5.41) is 18.8. The summed E-state index contributed by atoms with van der Waals surface area (Å²) in [4.78, 5) is 55.7. The maximum Gasteiger partial charge on any atom is 0.410 e. The van der Waals surface area contributed by atoms with Crippen LogP contribution in [0, 0.1) is 11.3 Å². The number of fused-ring (bicyclic) bond motifs is 1. The van der Waals surface area contributed by atoms with E-state index < -0.39 is 23.5 Å². The first-order valence-electron chi connectivity index (χ1n) is 16.5. The van der Waals surface area contributed by atoms with Crippen LogP contribution in [0.5, 0.6) is 11.5 Å². The topological polar surface area (TPSA) is 159 Å². The van der Waals surface area contributed by atoms with Crippen molar-refractivity contribution < 1.29 is 33.4 Å². The number of para-hydroxylation sites is 1. The fourth-order valence-corrected chi connectivity index (χ4v) is 7.37. The van der Waals surface area contributed by atoms with Crippen LogP contribution < -0.4 is 25.4 Å². The van der Waals surface area contributed by atoms with Crippen LogP contribution in [0.4, 0.5) is 15.5 Å². The minimum Gasteiger partial charge on any atom is -0.493 e. The molecule has 0 saturated heterocycles. The zero-order valence-corrected chi connectivity index (χ0v) is 31.5. The van der Waals surface area contributed by atoms with Gasteiger partial charge in [-0.15, -0.1) is 23.1 Å². The predicted molar refractivity (Wildman–Crippen MR) is 205 cm³/mol.